The minimum Gasteiger partial charge on any atom is -0.415 e. The van der Waals surface area contributed by atoms with E-state index in [1.807, 2.05) is 12.1 Å². The van der Waals surface area contributed by atoms with Gasteiger partial charge in [-0.25, -0.2) is 0 Å². The minimum absolute atomic E-state index is 0.627. The van der Waals surface area contributed by atoms with Gasteiger partial charge in [-0.1, -0.05) is 17.7 Å². The molecule has 0 spiro atoms. The van der Waals surface area contributed by atoms with Crippen LogP contribution in [0.3, 0.4) is 0 Å². The normalized spacial score (nSPS) is 22.4. The molecule has 112 valence electrons. The van der Waals surface area contributed by atoms with Crippen LogP contribution in [-0.2, 0) is 6.54 Å². The van der Waals surface area contributed by atoms with Gasteiger partial charge in [-0.15, -0.1) is 10.2 Å². The Morgan fingerprint density at radius 3 is 2.33 bits per heavy atom. The molecular weight excluding hydrogens is 264 g/mol. The van der Waals surface area contributed by atoms with Crippen LogP contribution in [0.5, 0.6) is 0 Å². The number of aromatic nitrogens is 2. The van der Waals surface area contributed by atoms with Crippen molar-refractivity contribution >= 4 is 0 Å². The zero-order valence-electron chi connectivity index (χ0n) is 12.9. The molecule has 2 heterocycles. The molecular formula is C16H24N4O+2. The predicted molar refractivity (Wildman–Crippen MR) is 80.1 cm³/mol. The van der Waals surface area contributed by atoms with Gasteiger partial charge in [-0.05, 0) is 26.0 Å². The summed E-state index contributed by atoms with van der Waals surface area (Å²) in [6, 6.07) is 8.19. The molecule has 21 heavy (non-hydrogen) atoms. The molecule has 0 amide bonds. The summed E-state index contributed by atoms with van der Waals surface area (Å²) in [5, 5.41) is 8.38. The Hall–Kier alpha value is -1.72. The molecule has 1 fully saturated rings. The van der Waals surface area contributed by atoms with Gasteiger partial charge in [0, 0.05) is 5.56 Å². The van der Waals surface area contributed by atoms with Crippen LogP contribution in [-0.4, -0.2) is 42.9 Å². The van der Waals surface area contributed by atoms with E-state index >= 15 is 0 Å². The van der Waals surface area contributed by atoms with Crippen LogP contribution in [0.1, 0.15) is 18.4 Å². The Morgan fingerprint density at radius 1 is 1.00 bits per heavy atom. The Labute approximate surface area is 125 Å². The Kier molecular flexibility index (Phi) is 4.31. The Bertz CT molecular complexity index is 570. The smallest absolute Gasteiger partial charge is 0.271 e. The predicted octanol–water partition coefficient (Wildman–Crippen LogP) is -0.652. The van der Waals surface area contributed by atoms with Crippen molar-refractivity contribution in [3.05, 3.63) is 35.7 Å². The van der Waals surface area contributed by atoms with Crippen molar-refractivity contribution in [1.82, 2.24) is 10.2 Å². The maximum Gasteiger partial charge on any atom is 0.271 e. The van der Waals surface area contributed by atoms with Crippen LogP contribution in [0.2, 0.25) is 0 Å². The summed E-state index contributed by atoms with van der Waals surface area (Å²) in [5.41, 5.74) is 2.23. The van der Waals surface area contributed by atoms with E-state index in [1.165, 1.54) is 38.3 Å². The number of piperazine rings is 1. The van der Waals surface area contributed by atoms with E-state index in [0.717, 1.165) is 18.0 Å². The van der Waals surface area contributed by atoms with Gasteiger partial charge in [0.15, 0.2) is 6.54 Å². The number of hydrogen-bond donors (Lipinski definition) is 2. The third kappa shape index (κ3) is 3.49. The Morgan fingerprint density at radius 2 is 1.67 bits per heavy atom. The molecule has 5 nitrogen and oxygen atoms in total. The lowest BCUT2D eigenvalue weighted by atomic mass is 10.1. The number of benzene rings is 1. The van der Waals surface area contributed by atoms with E-state index in [9.17, 15) is 0 Å². The van der Waals surface area contributed by atoms with Crippen molar-refractivity contribution in [2.45, 2.75) is 20.4 Å². The van der Waals surface area contributed by atoms with E-state index in [1.54, 1.807) is 9.80 Å². The van der Waals surface area contributed by atoms with E-state index in [-0.39, 0.29) is 0 Å². The van der Waals surface area contributed by atoms with Crippen molar-refractivity contribution in [3.8, 4) is 11.5 Å². The van der Waals surface area contributed by atoms with Crippen molar-refractivity contribution in [1.29, 1.82) is 0 Å². The van der Waals surface area contributed by atoms with Crippen LogP contribution >= 0.6 is 0 Å². The molecule has 0 saturated carbocycles. The quantitative estimate of drug-likeness (QED) is 0.786. The number of hydrogen-bond acceptors (Lipinski definition) is 3. The number of quaternary nitrogens is 2. The molecule has 1 aromatic carbocycles. The van der Waals surface area contributed by atoms with Gasteiger partial charge < -0.3 is 14.2 Å². The van der Waals surface area contributed by atoms with Gasteiger partial charge in [0.05, 0.1) is 6.54 Å². The van der Waals surface area contributed by atoms with Crippen LogP contribution in [0.4, 0.5) is 0 Å². The average molecular weight is 288 g/mol. The maximum atomic E-state index is 5.82. The second kappa shape index (κ2) is 6.37. The highest BCUT2D eigenvalue weighted by Gasteiger charge is 2.23. The Balaban J connectivity index is 1.62. The molecule has 0 atom stereocenters. The van der Waals surface area contributed by atoms with Gasteiger partial charge in [-0.2, -0.15) is 0 Å². The summed E-state index contributed by atoms with van der Waals surface area (Å²) in [6.45, 7) is 11.3. The first-order valence-corrected chi connectivity index (χ1v) is 7.81. The van der Waals surface area contributed by atoms with Crippen LogP contribution in [0.25, 0.3) is 11.5 Å². The first-order chi connectivity index (χ1) is 10.2. The van der Waals surface area contributed by atoms with Crippen LogP contribution in [0, 0.1) is 6.92 Å². The number of nitrogens with one attached hydrogen (secondary N) is 2. The van der Waals surface area contributed by atoms with Crippen LogP contribution in [0.15, 0.2) is 28.7 Å². The number of nitrogens with zero attached hydrogens (tertiary/aromatic N) is 2. The van der Waals surface area contributed by atoms with Gasteiger partial charge >= 0.3 is 0 Å². The second-order valence-corrected chi connectivity index (χ2v) is 5.90. The minimum atomic E-state index is 0.627. The topological polar surface area (TPSA) is 47.8 Å². The van der Waals surface area contributed by atoms with Crippen LogP contribution < -0.4 is 9.80 Å². The molecule has 0 bridgehead atoms. The molecule has 2 aromatic rings. The zero-order chi connectivity index (χ0) is 14.7. The summed E-state index contributed by atoms with van der Waals surface area (Å²) in [7, 11) is 0. The van der Waals surface area contributed by atoms with E-state index in [4.69, 9.17) is 4.42 Å². The maximum absolute atomic E-state index is 5.82. The lowest BCUT2D eigenvalue weighted by Crippen LogP contribution is -3.27. The molecule has 1 aromatic heterocycles. The molecule has 1 aliphatic rings. The lowest BCUT2D eigenvalue weighted by Gasteiger charge is -2.27. The fraction of sp³-hybridized carbons (Fsp3) is 0.500. The molecule has 2 N–H and O–H groups in total. The molecule has 0 unspecified atom stereocenters. The number of rotatable bonds is 4. The SMILES string of the molecule is CC[NH+]1CC[NH+](Cc2nnc(-c3ccc(C)cc3)o2)CC1. The summed E-state index contributed by atoms with van der Waals surface area (Å²) >= 11 is 0. The summed E-state index contributed by atoms with van der Waals surface area (Å²) in [5.74, 6) is 1.38. The molecule has 5 heteroatoms. The molecule has 3 rings (SSSR count). The fourth-order valence-electron chi connectivity index (χ4n) is 2.84. The number of likely N-dealkylation sites (N-methyl/N-ethyl adjacent to an activating group) is 1. The summed E-state index contributed by atoms with van der Waals surface area (Å²) in [6.07, 6.45) is 0. The largest absolute Gasteiger partial charge is 0.415 e. The van der Waals surface area contributed by atoms with Crippen molar-refractivity contribution in [3.63, 3.8) is 0 Å². The third-order valence-corrected chi connectivity index (χ3v) is 4.33. The molecule has 1 saturated heterocycles. The van der Waals surface area contributed by atoms with Crippen molar-refractivity contribution in [2.24, 2.45) is 0 Å². The van der Waals surface area contributed by atoms with Gasteiger partial charge in [0.1, 0.15) is 26.2 Å². The average Bonchev–Trinajstić information content (AvgIpc) is 2.97. The monoisotopic (exact) mass is 288 g/mol. The first-order valence-electron chi connectivity index (χ1n) is 7.81. The third-order valence-electron chi connectivity index (χ3n) is 4.33. The van der Waals surface area contributed by atoms with E-state index < -0.39 is 0 Å². The zero-order valence-corrected chi connectivity index (χ0v) is 12.9. The van der Waals surface area contributed by atoms with E-state index in [0.29, 0.717) is 5.89 Å². The highest BCUT2D eigenvalue weighted by molar-refractivity contribution is 5.52. The highest BCUT2D eigenvalue weighted by Crippen LogP contribution is 2.17. The molecule has 0 aliphatic carbocycles. The second-order valence-electron chi connectivity index (χ2n) is 5.90. The van der Waals surface area contributed by atoms with Crippen molar-refractivity contribution in [2.75, 3.05) is 32.7 Å². The first kappa shape index (κ1) is 14.2. The van der Waals surface area contributed by atoms with Crippen molar-refractivity contribution < 1.29 is 14.2 Å². The van der Waals surface area contributed by atoms with Gasteiger partial charge in [0.2, 0.25) is 5.89 Å². The molecule has 0 radical (unpaired) electrons. The van der Waals surface area contributed by atoms with Gasteiger partial charge in [-0.3, -0.25) is 0 Å². The number of aryl methyl sites for hydroxylation is 1. The summed E-state index contributed by atoms with van der Waals surface area (Å²) < 4.78 is 5.82. The lowest BCUT2D eigenvalue weighted by molar-refractivity contribution is -1.02. The molecule has 1 aliphatic heterocycles. The van der Waals surface area contributed by atoms with Gasteiger partial charge in [0.25, 0.3) is 5.89 Å². The van der Waals surface area contributed by atoms with E-state index in [2.05, 4.69) is 36.2 Å². The fourth-order valence-corrected chi connectivity index (χ4v) is 2.84. The summed E-state index contributed by atoms with van der Waals surface area (Å²) in [4.78, 5) is 3.25. The standard InChI is InChI=1S/C16H22N4O/c1-3-19-8-10-20(11-9-19)12-15-17-18-16(21-15)14-6-4-13(2)5-7-14/h4-7H,3,8-12H2,1-2H3/p+2. The highest BCUT2D eigenvalue weighted by atomic mass is 16.4.